The summed E-state index contributed by atoms with van der Waals surface area (Å²) in [4.78, 5) is 0. The van der Waals surface area contributed by atoms with E-state index in [1.165, 1.54) is 11.8 Å². The van der Waals surface area contributed by atoms with Gasteiger partial charge in [-0.05, 0) is 12.2 Å². The summed E-state index contributed by atoms with van der Waals surface area (Å²) in [6, 6.07) is 0. The standard InChI is InChI=1S/C11H12F4S/c1-5(2)16-4-7-10(14)8(12)6(3)9(13)11(7)15/h5H,4H2,1-3H3. The maximum atomic E-state index is 13.4. The van der Waals surface area contributed by atoms with Gasteiger partial charge in [-0.25, -0.2) is 17.6 Å². The summed E-state index contributed by atoms with van der Waals surface area (Å²) in [5.74, 6) is -5.27. The Bertz CT molecular complexity index is 372. The van der Waals surface area contributed by atoms with Crippen molar-refractivity contribution in [2.75, 3.05) is 0 Å². The Morgan fingerprint density at radius 1 is 0.938 bits per heavy atom. The van der Waals surface area contributed by atoms with Crippen molar-refractivity contribution in [2.24, 2.45) is 0 Å². The predicted octanol–water partition coefficient (Wildman–Crippen LogP) is 4.19. The maximum Gasteiger partial charge on any atom is 0.166 e. The highest BCUT2D eigenvalue weighted by Gasteiger charge is 2.22. The zero-order valence-electron chi connectivity index (χ0n) is 9.20. The second-order valence-corrected chi connectivity index (χ2v) is 5.28. The fraction of sp³-hybridized carbons (Fsp3) is 0.455. The second-order valence-electron chi connectivity index (χ2n) is 3.72. The van der Waals surface area contributed by atoms with Crippen LogP contribution in [-0.4, -0.2) is 5.25 Å². The molecule has 0 N–H and O–H groups in total. The molecule has 0 atom stereocenters. The lowest BCUT2D eigenvalue weighted by atomic mass is 10.1. The van der Waals surface area contributed by atoms with Crippen molar-refractivity contribution in [3.05, 3.63) is 34.4 Å². The Hall–Kier alpha value is -0.710. The lowest BCUT2D eigenvalue weighted by Gasteiger charge is -2.10. The van der Waals surface area contributed by atoms with Crippen molar-refractivity contribution in [1.82, 2.24) is 0 Å². The van der Waals surface area contributed by atoms with Crippen molar-refractivity contribution < 1.29 is 17.6 Å². The molecule has 0 spiro atoms. The fourth-order valence-corrected chi connectivity index (χ4v) is 1.92. The monoisotopic (exact) mass is 252 g/mol. The molecule has 0 nitrogen and oxygen atoms in total. The quantitative estimate of drug-likeness (QED) is 0.574. The Kier molecular flexibility index (Phi) is 4.24. The van der Waals surface area contributed by atoms with Gasteiger partial charge in [-0.2, -0.15) is 11.8 Å². The molecule has 16 heavy (non-hydrogen) atoms. The number of rotatable bonds is 3. The summed E-state index contributed by atoms with van der Waals surface area (Å²) in [5, 5.41) is 0.131. The smallest absolute Gasteiger partial charge is 0.166 e. The van der Waals surface area contributed by atoms with Crippen LogP contribution in [-0.2, 0) is 5.75 Å². The lowest BCUT2D eigenvalue weighted by Crippen LogP contribution is -2.06. The minimum absolute atomic E-state index is 0.0799. The first-order chi connectivity index (χ1) is 7.36. The molecule has 0 unspecified atom stereocenters. The lowest BCUT2D eigenvalue weighted by molar-refractivity contribution is 0.435. The number of hydrogen-bond donors (Lipinski definition) is 0. The fourth-order valence-electron chi connectivity index (χ4n) is 1.16. The van der Waals surface area contributed by atoms with Gasteiger partial charge in [-0.1, -0.05) is 13.8 Å². The van der Waals surface area contributed by atoms with Gasteiger partial charge < -0.3 is 0 Å². The molecule has 0 bridgehead atoms. The Morgan fingerprint density at radius 2 is 1.38 bits per heavy atom. The van der Waals surface area contributed by atoms with Crippen LogP contribution in [0.25, 0.3) is 0 Å². The summed E-state index contributed by atoms with van der Waals surface area (Å²) in [7, 11) is 0. The van der Waals surface area contributed by atoms with E-state index in [1.807, 2.05) is 13.8 Å². The highest BCUT2D eigenvalue weighted by molar-refractivity contribution is 7.99. The minimum Gasteiger partial charge on any atom is -0.203 e. The van der Waals surface area contributed by atoms with E-state index in [-0.39, 0.29) is 11.0 Å². The normalized spacial score (nSPS) is 11.2. The van der Waals surface area contributed by atoms with Gasteiger partial charge in [0.15, 0.2) is 23.3 Å². The van der Waals surface area contributed by atoms with Crippen LogP contribution in [0.1, 0.15) is 25.0 Å². The highest BCUT2D eigenvalue weighted by atomic mass is 32.2. The van der Waals surface area contributed by atoms with E-state index >= 15 is 0 Å². The average molecular weight is 252 g/mol. The second kappa shape index (κ2) is 5.08. The number of thioether (sulfide) groups is 1. The molecular weight excluding hydrogens is 240 g/mol. The van der Waals surface area contributed by atoms with Crippen LogP contribution in [0, 0.1) is 30.2 Å². The summed E-state index contributed by atoms with van der Waals surface area (Å²) < 4.78 is 53.0. The van der Waals surface area contributed by atoms with Crippen LogP contribution in [0.2, 0.25) is 0 Å². The molecule has 90 valence electrons. The molecule has 0 radical (unpaired) electrons. The molecule has 1 aromatic rings. The summed E-state index contributed by atoms with van der Waals surface area (Å²) >= 11 is 1.22. The SMILES string of the molecule is Cc1c(F)c(F)c(CSC(C)C)c(F)c1F. The van der Waals surface area contributed by atoms with Gasteiger partial charge in [-0.3, -0.25) is 0 Å². The Morgan fingerprint density at radius 3 is 1.75 bits per heavy atom. The Labute approximate surface area is 96.0 Å². The van der Waals surface area contributed by atoms with E-state index in [2.05, 4.69) is 0 Å². The minimum atomic E-state index is -1.31. The van der Waals surface area contributed by atoms with Gasteiger partial charge in [0.2, 0.25) is 0 Å². The number of benzene rings is 1. The summed E-state index contributed by atoms with van der Waals surface area (Å²) in [5.41, 5.74) is -1.15. The van der Waals surface area contributed by atoms with Crippen molar-refractivity contribution in [2.45, 2.75) is 31.8 Å². The highest BCUT2D eigenvalue weighted by Crippen LogP contribution is 2.27. The first-order valence-corrected chi connectivity index (χ1v) is 5.84. The molecule has 0 aliphatic rings. The molecule has 0 aliphatic heterocycles. The van der Waals surface area contributed by atoms with E-state index in [1.54, 1.807) is 0 Å². The van der Waals surface area contributed by atoms with E-state index in [4.69, 9.17) is 0 Å². The molecule has 5 heteroatoms. The van der Waals surface area contributed by atoms with E-state index in [0.29, 0.717) is 0 Å². The van der Waals surface area contributed by atoms with Crippen LogP contribution in [0.3, 0.4) is 0 Å². The van der Waals surface area contributed by atoms with Gasteiger partial charge in [0.1, 0.15) is 0 Å². The van der Waals surface area contributed by atoms with E-state index < -0.39 is 34.4 Å². The molecule has 1 rings (SSSR count). The zero-order valence-corrected chi connectivity index (χ0v) is 10.0. The van der Waals surface area contributed by atoms with Crippen molar-refractivity contribution in [1.29, 1.82) is 0 Å². The largest absolute Gasteiger partial charge is 0.203 e. The molecule has 0 fully saturated rings. The molecule has 0 aliphatic carbocycles. The number of halogens is 4. The van der Waals surface area contributed by atoms with E-state index in [0.717, 1.165) is 6.92 Å². The molecule has 0 aromatic heterocycles. The van der Waals surface area contributed by atoms with Crippen molar-refractivity contribution in [3.63, 3.8) is 0 Å². The topological polar surface area (TPSA) is 0 Å². The van der Waals surface area contributed by atoms with Crippen LogP contribution in [0.15, 0.2) is 0 Å². The third-order valence-electron chi connectivity index (χ3n) is 2.13. The maximum absolute atomic E-state index is 13.4. The van der Waals surface area contributed by atoms with Crippen LogP contribution >= 0.6 is 11.8 Å². The summed E-state index contributed by atoms with van der Waals surface area (Å²) in [6.45, 7) is 4.68. The molecule has 0 amide bonds. The predicted molar refractivity (Wildman–Crippen MR) is 57.4 cm³/mol. The first kappa shape index (κ1) is 13.4. The van der Waals surface area contributed by atoms with Crippen LogP contribution in [0.5, 0.6) is 0 Å². The zero-order chi connectivity index (χ0) is 12.5. The van der Waals surface area contributed by atoms with Gasteiger partial charge in [-0.15, -0.1) is 0 Å². The van der Waals surface area contributed by atoms with Gasteiger partial charge >= 0.3 is 0 Å². The molecule has 0 heterocycles. The molecule has 0 saturated carbocycles. The molecule has 1 aromatic carbocycles. The third kappa shape index (κ3) is 2.51. The van der Waals surface area contributed by atoms with Crippen molar-refractivity contribution >= 4 is 11.8 Å². The van der Waals surface area contributed by atoms with E-state index in [9.17, 15) is 17.6 Å². The average Bonchev–Trinajstić information content (AvgIpc) is 2.23. The van der Waals surface area contributed by atoms with Crippen molar-refractivity contribution in [3.8, 4) is 0 Å². The Balaban J connectivity index is 3.18. The van der Waals surface area contributed by atoms with Gasteiger partial charge in [0, 0.05) is 16.9 Å². The molecule has 0 saturated heterocycles. The molecular formula is C11H12F4S. The summed E-state index contributed by atoms with van der Waals surface area (Å²) in [6.07, 6.45) is 0. The van der Waals surface area contributed by atoms with Crippen LogP contribution in [0.4, 0.5) is 17.6 Å². The third-order valence-corrected chi connectivity index (χ3v) is 3.26. The van der Waals surface area contributed by atoms with Gasteiger partial charge in [0.25, 0.3) is 0 Å². The van der Waals surface area contributed by atoms with Gasteiger partial charge in [0.05, 0.1) is 0 Å². The first-order valence-electron chi connectivity index (χ1n) is 4.79. The van der Waals surface area contributed by atoms with Crippen LogP contribution < -0.4 is 0 Å². The number of hydrogen-bond acceptors (Lipinski definition) is 1.